The molecule has 1 heterocycles. The van der Waals surface area contributed by atoms with E-state index in [2.05, 4.69) is 15.0 Å². The predicted molar refractivity (Wildman–Crippen MR) is 102 cm³/mol. The molecule has 6 nitrogen and oxygen atoms in total. The summed E-state index contributed by atoms with van der Waals surface area (Å²) in [4.78, 5) is 27.7. The Bertz CT molecular complexity index is 1000. The van der Waals surface area contributed by atoms with Crippen LogP contribution < -0.4 is 5.32 Å². The molecule has 2 aromatic carbocycles. The van der Waals surface area contributed by atoms with Gasteiger partial charge in [0.05, 0.1) is 13.0 Å². The van der Waals surface area contributed by atoms with Crippen molar-refractivity contribution in [3.8, 4) is 16.9 Å². The fourth-order valence-electron chi connectivity index (χ4n) is 2.77. The number of fused-ring (bicyclic) bond motifs is 1. The van der Waals surface area contributed by atoms with Crippen molar-refractivity contribution >= 4 is 22.6 Å². The second-order valence-electron chi connectivity index (χ2n) is 6.29. The molecule has 0 aliphatic heterocycles. The Morgan fingerprint density at radius 3 is 2.56 bits per heavy atom. The standard InChI is InChI=1S/C21H20N2O4/c1-13(21(26)27-2)11-23-20(25)19-18(24)10-17(12-22-19)16-8-7-14-5-3-4-6-15(14)9-16/h3-10,12-13,24H,11H2,1-2H3,(H,23,25). The Labute approximate surface area is 156 Å². The Hall–Kier alpha value is -3.41. The van der Waals surface area contributed by atoms with Gasteiger partial charge in [-0.1, -0.05) is 43.3 Å². The van der Waals surface area contributed by atoms with Gasteiger partial charge < -0.3 is 15.2 Å². The smallest absolute Gasteiger partial charge is 0.310 e. The molecule has 0 saturated heterocycles. The molecule has 0 aliphatic carbocycles. The van der Waals surface area contributed by atoms with Crippen LogP contribution in [0, 0.1) is 5.92 Å². The van der Waals surface area contributed by atoms with Gasteiger partial charge in [-0.05, 0) is 28.5 Å². The van der Waals surface area contributed by atoms with Crippen molar-refractivity contribution in [2.24, 2.45) is 5.92 Å². The lowest BCUT2D eigenvalue weighted by Gasteiger charge is -2.11. The van der Waals surface area contributed by atoms with Crippen molar-refractivity contribution in [2.45, 2.75) is 6.92 Å². The van der Waals surface area contributed by atoms with E-state index < -0.39 is 17.8 Å². The molecule has 0 saturated carbocycles. The van der Waals surface area contributed by atoms with Gasteiger partial charge in [-0.15, -0.1) is 0 Å². The maximum atomic E-state index is 12.2. The van der Waals surface area contributed by atoms with Crippen molar-refractivity contribution in [2.75, 3.05) is 13.7 Å². The minimum atomic E-state index is -0.548. The first-order chi connectivity index (χ1) is 13.0. The van der Waals surface area contributed by atoms with E-state index in [0.717, 1.165) is 16.3 Å². The lowest BCUT2D eigenvalue weighted by molar-refractivity contribution is -0.144. The van der Waals surface area contributed by atoms with Crippen LogP contribution in [0.1, 0.15) is 17.4 Å². The van der Waals surface area contributed by atoms with Gasteiger partial charge in [0.2, 0.25) is 0 Å². The minimum Gasteiger partial charge on any atom is -0.505 e. The third-order valence-electron chi connectivity index (χ3n) is 4.34. The number of esters is 1. The molecular formula is C21H20N2O4. The van der Waals surface area contributed by atoms with Gasteiger partial charge in [0.15, 0.2) is 5.69 Å². The number of carbonyl (C=O) groups is 2. The predicted octanol–water partition coefficient (Wildman–Crippen LogP) is 3.15. The van der Waals surface area contributed by atoms with Crippen LogP contribution in [0.3, 0.4) is 0 Å². The van der Waals surface area contributed by atoms with E-state index >= 15 is 0 Å². The molecule has 1 unspecified atom stereocenters. The van der Waals surface area contributed by atoms with E-state index in [1.54, 1.807) is 13.1 Å². The van der Waals surface area contributed by atoms with E-state index in [4.69, 9.17) is 0 Å². The second-order valence-corrected chi connectivity index (χ2v) is 6.29. The van der Waals surface area contributed by atoms with Crippen LogP contribution in [0.15, 0.2) is 54.7 Å². The Kier molecular flexibility index (Phi) is 5.35. The molecule has 6 heteroatoms. The average Bonchev–Trinajstić information content (AvgIpc) is 2.70. The molecule has 1 amide bonds. The molecule has 1 aromatic heterocycles. The molecule has 3 aromatic rings. The third kappa shape index (κ3) is 4.06. The van der Waals surface area contributed by atoms with Crippen LogP contribution in [-0.4, -0.2) is 35.6 Å². The summed E-state index contributed by atoms with van der Waals surface area (Å²) in [7, 11) is 1.29. The number of pyridine rings is 1. The summed E-state index contributed by atoms with van der Waals surface area (Å²) in [6.45, 7) is 1.74. The molecule has 0 radical (unpaired) electrons. The number of nitrogens with one attached hydrogen (secondary N) is 1. The van der Waals surface area contributed by atoms with E-state index in [9.17, 15) is 14.7 Å². The van der Waals surface area contributed by atoms with Crippen molar-refractivity contribution < 1.29 is 19.4 Å². The molecule has 0 spiro atoms. The average molecular weight is 364 g/mol. The molecular weight excluding hydrogens is 344 g/mol. The Morgan fingerprint density at radius 1 is 1.11 bits per heavy atom. The maximum Gasteiger partial charge on any atom is 0.310 e. The summed E-state index contributed by atoms with van der Waals surface area (Å²) in [6.07, 6.45) is 1.54. The largest absolute Gasteiger partial charge is 0.505 e. The maximum absolute atomic E-state index is 12.2. The molecule has 2 N–H and O–H groups in total. The number of aromatic nitrogens is 1. The highest BCUT2D eigenvalue weighted by Gasteiger charge is 2.18. The fraction of sp³-hybridized carbons (Fsp3) is 0.190. The minimum absolute atomic E-state index is 0.0865. The highest BCUT2D eigenvalue weighted by atomic mass is 16.5. The lowest BCUT2D eigenvalue weighted by Crippen LogP contribution is -2.32. The van der Waals surface area contributed by atoms with Crippen molar-refractivity contribution in [1.82, 2.24) is 10.3 Å². The number of aromatic hydroxyl groups is 1. The summed E-state index contributed by atoms with van der Waals surface area (Å²) in [6, 6.07) is 15.4. The summed E-state index contributed by atoms with van der Waals surface area (Å²) >= 11 is 0. The van der Waals surface area contributed by atoms with Crippen molar-refractivity contribution in [3.05, 3.63) is 60.4 Å². The Morgan fingerprint density at radius 2 is 1.85 bits per heavy atom. The Balaban J connectivity index is 1.78. The second kappa shape index (κ2) is 7.86. The number of amides is 1. The van der Waals surface area contributed by atoms with Crippen LogP contribution in [0.4, 0.5) is 0 Å². The summed E-state index contributed by atoms with van der Waals surface area (Å²) < 4.78 is 4.61. The number of methoxy groups -OCH3 is 1. The quantitative estimate of drug-likeness (QED) is 0.679. The van der Waals surface area contributed by atoms with Crippen molar-refractivity contribution in [1.29, 1.82) is 0 Å². The summed E-state index contributed by atoms with van der Waals surface area (Å²) in [5.41, 5.74) is 1.51. The monoisotopic (exact) mass is 364 g/mol. The molecule has 0 fully saturated rings. The zero-order valence-electron chi connectivity index (χ0n) is 15.1. The van der Waals surface area contributed by atoms with Crippen LogP contribution in [0.2, 0.25) is 0 Å². The first-order valence-corrected chi connectivity index (χ1v) is 8.54. The number of nitrogens with zero attached hydrogens (tertiary/aromatic N) is 1. The summed E-state index contributed by atoms with van der Waals surface area (Å²) in [5.74, 6) is -1.67. The van der Waals surface area contributed by atoms with Gasteiger partial charge in [0.25, 0.3) is 5.91 Å². The molecule has 1 atom stereocenters. The van der Waals surface area contributed by atoms with Gasteiger partial charge in [-0.25, -0.2) is 4.98 Å². The highest BCUT2D eigenvalue weighted by molar-refractivity contribution is 5.96. The SMILES string of the molecule is COC(=O)C(C)CNC(=O)c1ncc(-c2ccc3ccccc3c2)cc1O. The number of carbonyl (C=O) groups excluding carboxylic acids is 2. The number of rotatable bonds is 5. The molecule has 0 aliphatic rings. The van der Waals surface area contributed by atoms with Gasteiger partial charge in [0, 0.05) is 18.3 Å². The first kappa shape index (κ1) is 18.4. The molecule has 138 valence electrons. The molecule has 0 bridgehead atoms. The topological polar surface area (TPSA) is 88.5 Å². The first-order valence-electron chi connectivity index (χ1n) is 8.54. The van der Waals surface area contributed by atoms with Crippen LogP contribution in [-0.2, 0) is 9.53 Å². The van der Waals surface area contributed by atoms with Crippen LogP contribution in [0.5, 0.6) is 5.75 Å². The molecule has 27 heavy (non-hydrogen) atoms. The number of benzene rings is 2. The van der Waals surface area contributed by atoms with Gasteiger partial charge in [0.1, 0.15) is 5.75 Å². The van der Waals surface area contributed by atoms with E-state index in [-0.39, 0.29) is 18.0 Å². The van der Waals surface area contributed by atoms with Gasteiger partial charge >= 0.3 is 5.97 Å². The number of hydrogen-bond acceptors (Lipinski definition) is 5. The summed E-state index contributed by atoms with van der Waals surface area (Å²) in [5, 5.41) is 15.0. The van der Waals surface area contributed by atoms with Gasteiger partial charge in [-0.3, -0.25) is 9.59 Å². The van der Waals surface area contributed by atoms with E-state index in [0.29, 0.717) is 5.56 Å². The van der Waals surface area contributed by atoms with E-state index in [1.807, 2.05) is 42.5 Å². The third-order valence-corrected chi connectivity index (χ3v) is 4.34. The number of ether oxygens (including phenoxy) is 1. The zero-order valence-corrected chi connectivity index (χ0v) is 15.1. The van der Waals surface area contributed by atoms with Crippen LogP contribution >= 0.6 is 0 Å². The van der Waals surface area contributed by atoms with Gasteiger partial charge in [-0.2, -0.15) is 0 Å². The lowest BCUT2D eigenvalue weighted by atomic mass is 10.0. The highest BCUT2D eigenvalue weighted by Crippen LogP contribution is 2.27. The fourth-order valence-corrected chi connectivity index (χ4v) is 2.77. The molecule has 3 rings (SSSR count). The van der Waals surface area contributed by atoms with E-state index in [1.165, 1.54) is 13.2 Å². The zero-order chi connectivity index (χ0) is 19.4. The number of hydrogen-bond donors (Lipinski definition) is 2. The van der Waals surface area contributed by atoms with Crippen LogP contribution in [0.25, 0.3) is 21.9 Å². The normalized spacial score (nSPS) is 11.8. The van der Waals surface area contributed by atoms with Crippen molar-refractivity contribution in [3.63, 3.8) is 0 Å².